The molecule has 2 nitrogen and oxygen atoms in total. The molecular formula is C14H21NO. The van der Waals surface area contributed by atoms with Gasteiger partial charge in [0.2, 0.25) is 0 Å². The summed E-state index contributed by atoms with van der Waals surface area (Å²) in [6.45, 7) is 7.20. The third-order valence-electron chi connectivity index (χ3n) is 3.28. The molecular weight excluding hydrogens is 198 g/mol. The van der Waals surface area contributed by atoms with Crippen molar-refractivity contribution in [2.24, 2.45) is 5.73 Å². The fourth-order valence-corrected chi connectivity index (χ4v) is 1.92. The lowest BCUT2D eigenvalue weighted by Crippen LogP contribution is -2.29. The fourth-order valence-electron chi connectivity index (χ4n) is 1.92. The SMILES string of the molecule is Cc1cc(OCC2(N)CC2)ccc1C(C)C. The van der Waals surface area contributed by atoms with Gasteiger partial charge in [-0.2, -0.15) is 0 Å². The molecule has 0 heterocycles. The quantitative estimate of drug-likeness (QED) is 0.845. The number of benzene rings is 1. The van der Waals surface area contributed by atoms with Crippen LogP contribution in [0.15, 0.2) is 18.2 Å². The molecule has 1 aliphatic rings. The number of rotatable bonds is 4. The third kappa shape index (κ3) is 2.56. The second kappa shape index (κ2) is 4.10. The maximum Gasteiger partial charge on any atom is 0.119 e. The first-order valence-electron chi connectivity index (χ1n) is 6.02. The molecule has 0 aliphatic heterocycles. The van der Waals surface area contributed by atoms with Gasteiger partial charge in [-0.3, -0.25) is 0 Å². The predicted molar refractivity (Wildman–Crippen MR) is 66.9 cm³/mol. The minimum Gasteiger partial charge on any atom is -0.492 e. The molecule has 0 aromatic heterocycles. The van der Waals surface area contributed by atoms with Gasteiger partial charge >= 0.3 is 0 Å². The van der Waals surface area contributed by atoms with E-state index in [1.165, 1.54) is 11.1 Å². The van der Waals surface area contributed by atoms with Crippen LogP contribution in [-0.4, -0.2) is 12.1 Å². The largest absolute Gasteiger partial charge is 0.492 e. The van der Waals surface area contributed by atoms with Crippen LogP contribution in [0.5, 0.6) is 5.75 Å². The minimum atomic E-state index is -0.0371. The summed E-state index contributed by atoms with van der Waals surface area (Å²) in [5.74, 6) is 1.51. The van der Waals surface area contributed by atoms with E-state index in [1.807, 2.05) is 6.07 Å². The molecule has 1 aliphatic carbocycles. The fraction of sp³-hybridized carbons (Fsp3) is 0.571. The van der Waals surface area contributed by atoms with Gasteiger partial charge in [0.25, 0.3) is 0 Å². The highest BCUT2D eigenvalue weighted by molar-refractivity contribution is 5.36. The normalized spacial score (nSPS) is 17.6. The summed E-state index contributed by atoms with van der Waals surface area (Å²) in [6, 6.07) is 6.32. The molecule has 1 aromatic carbocycles. The van der Waals surface area contributed by atoms with Crippen molar-refractivity contribution in [2.75, 3.05) is 6.61 Å². The van der Waals surface area contributed by atoms with Gasteiger partial charge in [0.1, 0.15) is 12.4 Å². The maximum atomic E-state index is 5.99. The Bertz CT molecular complexity index is 380. The average Bonchev–Trinajstić information content (AvgIpc) is 2.94. The summed E-state index contributed by atoms with van der Waals surface area (Å²) < 4.78 is 5.72. The van der Waals surface area contributed by atoms with Crippen LogP contribution in [0.4, 0.5) is 0 Å². The Hall–Kier alpha value is -1.02. The highest BCUT2D eigenvalue weighted by atomic mass is 16.5. The molecule has 2 N–H and O–H groups in total. The Morgan fingerprint density at radius 3 is 2.56 bits per heavy atom. The van der Waals surface area contributed by atoms with Gasteiger partial charge in [0, 0.05) is 0 Å². The summed E-state index contributed by atoms with van der Waals surface area (Å²) in [6.07, 6.45) is 2.19. The Morgan fingerprint density at radius 1 is 1.38 bits per heavy atom. The Balaban J connectivity index is 2.03. The molecule has 0 spiro atoms. The van der Waals surface area contributed by atoms with Gasteiger partial charge in [0.05, 0.1) is 5.54 Å². The smallest absolute Gasteiger partial charge is 0.119 e. The monoisotopic (exact) mass is 219 g/mol. The zero-order valence-corrected chi connectivity index (χ0v) is 10.4. The number of aryl methyl sites for hydroxylation is 1. The lowest BCUT2D eigenvalue weighted by atomic mass is 9.98. The number of hydrogen-bond acceptors (Lipinski definition) is 2. The van der Waals surface area contributed by atoms with E-state index in [1.54, 1.807) is 0 Å². The molecule has 1 fully saturated rings. The second-order valence-electron chi connectivity index (χ2n) is 5.32. The van der Waals surface area contributed by atoms with Crippen molar-refractivity contribution in [3.8, 4) is 5.75 Å². The number of nitrogens with two attached hydrogens (primary N) is 1. The van der Waals surface area contributed by atoms with Crippen LogP contribution in [0.3, 0.4) is 0 Å². The van der Waals surface area contributed by atoms with Crippen molar-refractivity contribution in [2.45, 2.75) is 45.1 Å². The Kier molecular flexibility index (Phi) is 2.94. The van der Waals surface area contributed by atoms with Crippen molar-refractivity contribution in [3.63, 3.8) is 0 Å². The van der Waals surface area contributed by atoms with E-state index in [0.29, 0.717) is 12.5 Å². The molecule has 2 rings (SSSR count). The summed E-state index contributed by atoms with van der Waals surface area (Å²) in [4.78, 5) is 0. The van der Waals surface area contributed by atoms with E-state index in [9.17, 15) is 0 Å². The van der Waals surface area contributed by atoms with Gasteiger partial charge in [-0.05, 0) is 48.9 Å². The average molecular weight is 219 g/mol. The summed E-state index contributed by atoms with van der Waals surface area (Å²) in [7, 11) is 0. The molecule has 16 heavy (non-hydrogen) atoms. The molecule has 0 atom stereocenters. The van der Waals surface area contributed by atoms with E-state index in [2.05, 4.69) is 32.9 Å². The third-order valence-corrected chi connectivity index (χ3v) is 3.28. The molecule has 0 radical (unpaired) electrons. The van der Waals surface area contributed by atoms with Crippen molar-refractivity contribution in [1.29, 1.82) is 0 Å². The summed E-state index contributed by atoms with van der Waals surface area (Å²) >= 11 is 0. The molecule has 2 heteroatoms. The van der Waals surface area contributed by atoms with Crippen LogP contribution in [0.2, 0.25) is 0 Å². The molecule has 0 saturated heterocycles. The highest BCUT2D eigenvalue weighted by Crippen LogP contribution is 2.33. The van der Waals surface area contributed by atoms with Gasteiger partial charge in [-0.25, -0.2) is 0 Å². The van der Waals surface area contributed by atoms with Crippen molar-refractivity contribution < 1.29 is 4.74 Å². The van der Waals surface area contributed by atoms with Crippen LogP contribution in [-0.2, 0) is 0 Å². The van der Waals surface area contributed by atoms with Gasteiger partial charge in [-0.15, -0.1) is 0 Å². The van der Waals surface area contributed by atoms with Crippen LogP contribution in [0, 0.1) is 6.92 Å². The van der Waals surface area contributed by atoms with Gasteiger partial charge in [-0.1, -0.05) is 19.9 Å². The molecule has 0 amide bonds. The van der Waals surface area contributed by atoms with E-state index in [4.69, 9.17) is 10.5 Å². The number of ether oxygens (including phenoxy) is 1. The van der Waals surface area contributed by atoms with Crippen LogP contribution in [0.1, 0.15) is 43.7 Å². The molecule has 0 bridgehead atoms. The highest BCUT2D eigenvalue weighted by Gasteiger charge is 2.39. The standard InChI is InChI=1S/C14H21NO/c1-10(2)13-5-4-12(8-11(13)3)16-9-14(15)6-7-14/h4-5,8,10H,6-7,9,15H2,1-3H3. The molecule has 1 saturated carbocycles. The van der Waals surface area contributed by atoms with Gasteiger partial charge < -0.3 is 10.5 Å². The predicted octanol–water partition coefficient (Wildman–Crippen LogP) is 2.99. The minimum absolute atomic E-state index is 0.0371. The topological polar surface area (TPSA) is 35.2 Å². The lowest BCUT2D eigenvalue weighted by Gasteiger charge is -2.14. The van der Waals surface area contributed by atoms with E-state index in [-0.39, 0.29) is 5.54 Å². The van der Waals surface area contributed by atoms with Crippen molar-refractivity contribution in [3.05, 3.63) is 29.3 Å². The first-order chi connectivity index (χ1) is 7.50. The van der Waals surface area contributed by atoms with E-state index in [0.717, 1.165) is 18.6 Å². The van der Waals surface area contributed by atoms with Crippen molar-refractivity contribution >= 4 is 0 Å². The van der Waals surface area contributed by atoms with Crippen LogP contribution < -0.4 is 10.5 Å². The second-order valence-corrected chi connectivity index (χ2v) is 5.32. The molecule has 88 valence electrons. The maximum absolute atomic E-state index is 5.99. The Labute approximate surface area is 97.8 Å². The molecule has 1 aromatic rings. The zero-order chi connectivity index (χ0) is 11.8. The molecule has 0 unspecified atom stereocenters. The van der Waals surface area contributed by atoms with Crippen molar-refractivity contribution in [1.82, 2.24) is 0 Å². The first-order valence-corrected chi connectivity index (χ1v) is 6.02. The Morgan fingerprint density at radius 2 is 2.06 bits per heavy atom. The first kappa shape index (κ1) is 11.5. The lowest BCUT2D eigenvalue weighted by molar-refractivity contribution is 0.279. The van der Waals surface area contributed by atoms with Gasteiger partial charge in [0.15, 0.2) is 0 Å². The van der Waals surface area contributed by atoms with Crippen LogP contribution >= 0.6 is 0 Å². The number of hydrogen-bond donors (Lipinski definition) is 1. The van der Waals surface area contributed by atoms with E-state index >= 15 is 0 Å². The van der Waals surface area contributed by atoms with E-state index < -0.39 is 0 Å². The summed E-state index contributed by atoms with van der Waals surface area (Å²) in [5.41, 5.74) is 8.64. The van der Waals surface area contributed by atoms with Crippen LogP contribution in [0.25, 0.3) is 0 Å². The zero-order valence-electron chi connectivity index (χ0n) is 10.4. The summed E-state index contributed by atoms with van der Waals surface area (Å²) in [5, 5.41) is 0.